The molecule has 4 aromatic rings. The van der Waals surface area contributed by atoms with Crippen LogP contribution in [0.4, 0.5) is 5.69 Å². The molecule has 0 spiro atoms. The Labute approximate surface area is 202 Å². The molecule has 1 N–H and O–H groups in total. The summed E-state index contributed by atoms with van der Waals surface area (Å²) in [5.41, 5.74) is 5.61. The number of carbonyl (C=O) groups excluding carboxylic acids is 1. The van der Waals surface area contributed by atoms with Crippen LogP contribution in [0.3, 0.4) is 0 Å². The van der Waals surface area contributed by atoms with Crippen LogP contribution in [0.15, 0.2) is 90.0 Å². The smallest absolute Gasteiger partial charge is 0.234 e. The van der Waals surface area contributed by atoms with Crippen molar-refractivity contribution >= 4 is 35.0 Å². The number of nitrogens with zero attached hydrogens (tertiary/aromatic N) is 2. The number of hydrogen-bond acceptors (Lipinski definition) is 4. The first-order valence-corrected chi connectivity index (χ1v) is 11.7. The van der Waals surface area contributed by atoms with Crippen molar-refractivity contribution in [3.05, 3.63) is 101 Å². The first-order chi connectivity index (χ1) is 16.0. The third-order valence-electron chi connectivity index (χ3n) is 5.00. The third kappa shape index (κ3) is 5.61. The van der Waals surface area contributed by atoms with Crippen molar-refractivity contribution in [3.63, 3.8) is 0 Å². The number of carbonyl (C=O) groups is 1. The van der Waals surface area contributed by atoms with Crippen molar-refractivity contribution in [2.75, 3.05) is 11.1 Å². The van der Waals surface area contributed by atoms with E-state index in [-0.39, 0.29) is 11.7 Å². The molecule has 0 aliphatic heterocycles. The second kappa shape index (κ2) is 10.4. The monoisotopic (exact) mass is 469 g/mol. The molecule has 0 atom stereocenters. The first-order valence-electron chi connectivity index (χ1n) is 10.3. The van der Waals surface area contributed by atoms with Gasteiger partial charge >= 0.3 is 0 Å². The summed E-state index contributed by atoms with van der Waals surface area (Å²) >= 11 is 7.32. The summed E-state index contributed by atoms with van der Waals surface area (Å²) in [6, 6.07) is 28.9. The van der Waals surface area contributed by atoms with Crippen LogP contribution < -0.4 is 5.32 Å². The lowest BCUT2D eigenvalue weighted by Gasteiger charge is -2.13. The van der Waals surface area contributed by atoms with Crippen LogP contribution in [-0.4, -0.2) is 16.6 Å². The standard InChI is InChI=1S/C27H20ClN3OS/c1-18-7-9-20(10-8-18)25-15-23(19-11-13-21(28)14-12-19)24(16-29)27(31-25)33-17-26(32)30-22-5-3-2-4-6-22/h2-15H,17H2,1H3,(H,30,32). The second-order valence-electron chi connectivity index (χ2n) is 7.42. The maximum absolute atomic E-state index is 12.5. The van der Waals surface area contributed by atoms with Gasteiger partial charge in [-0.3, -0.25) is 4.79 Å². The molecule has 1 aromatic heterocycles. The van der Waals surface area contributed by atoms with E-state index in [1.165, 1.54) is 11.8 Å². The van der Waals surface area contributed by atoms with E-state index in [1.54, 1.807) is 12.1 Å². The topological polar surface area (TPSA) is 65.8 Å². The highest BCUT2D eigenvalue weighted by Crippen LogP contribution is 2.34. The molecule has 0 radical (unpaired) electrons. The van der Waals surface area contributed by atoms with Gasteiger partial charge in [-0.2, -0.15) is 5.26 Å². The molecule has 0 aliphatic carbocycles. The zero-order valence-electron chi connectivity index (χ0n) is 17.9. The number of hydrogen-bond donors (Lipinski definition) is 1. The molecule has 0 bridgehead atoms. The van der Waals surface area contributed by atoms with Crippen LogP contribution in [-0.2, 0) is 4.79 Å². The Bertz CT molecular complexity index is 1310. The highest BCUT2D eigenvalue weighted by molar-refractivity contribution is 8.00. The number of para-hydroxylation sites is 1. The molecule has 0 saturated carbocycles. The number of benzene rings is 3. The highest BCUT2D eigenvalue weighted by Gasteiger charge is 2.17. The maximum atomic E-state index is 12.5. The van der Waals surface area contributed by atoms with Crippen LogP contribution in [0.25, 0.3) is 22.4 Å². The predicted octanol–water partition coefficient (Wildman–Crippen LogP) is 6.98. The molecule has 4 nitrogen and oxygen atoms in total. The quantitative estimate of drug-likeness (QED) is 0.309. The normalized spacial score (nSPS) is 10.5. The molecular formula is C27H20ClN3OS. The van der Waals surface area contributed by atoms with E-state index >= 15 is 0 Å². The third-order valence-corrected chi connectivity index (χ3v) is 6.23. The minimum atomic E-state index is -0.161. The van der Waals surface area contributed by atoms with Gasteiger partial charge in [-0.1, -0.05) is 83.5 Å². The summed E-state index contributed by atoms with van der Waals surface area (Å²) in [5.74, 6) is -0.0285. The minimum absolute atomic E-state index is 0.133. The fourth-order valence-electron chi connectivity index (χ4n) is 3.32. The fourth-order valence-corrected chi connectivity index (χ4v) is 4.24. The lowest BCUT2D eigenvalue weighted by Crippen LogP contribution is -2.14. The molecule has 0 saturated heterocycles. The molecule has 0 aliphatic rings. The predicted molar refractivity (Wildman–Crippen MR) is 135 cm³/mol. The summed E-state index contributed by atoms with van der Waals surface area (Å²) in [6.45, 7) is 2.03. The number of aromatic nitrogens is 1. The molecule has 33 heavy (non-hydrogen) atoms. The first kappa shape index (κ1) is 22.6. The minimum Gasteiger partial charge on any atom is -0.325 e. The van der Waals surface area contributed by atoms with Gasteiger partial charge in [0.25, 0.3) is 0 Å². The highest BCUT2D eigenvalue weighted by atomic mass is 35.5. The maximum Gasteiger partial charge on any atom is 0.234 e. The molecule has 1 amide bonds. The van der Waals surface area contributed by atoms with Gasteiger partial charge in [0.15, 0.2) is 0 Å². The van der Waals surface area contributed by atoms with E-state index < -0.39 is 0 Å². The van der Waals surface area contributed by atoms with Crippen LogP contribution in [0.1, 0.15) is 11.1 Å². The summed E-state index contributed by atoms with van der Waals surface area (Å²) < 4.78 is 0. The number of aryl methyl sites for hydroxylation is 1. The van der Waals surface area contributed by atoms with Crippen LogP contribution >= 0.6 is 23.4 Å². The van der Waals surface area contributed by atoms with Crippen molar-refractivity contribution in [1.29, 1.82) is 5.26 Å². The molecule has 4 rings (SSSR count). The summed E-state index contributed by atoms with van der Waals surface area (Å²) in [4.78, 5) is 17.3. The number of rotatable bonds is 6. The van der Waals surface area contributed by atoms with Gasteiger partial charge in [-0.05, 0) is 42.8 Å². The molecule has 1 heterocycles. The molecule has 3 aromatic carbocycles. The Kier molecular flexibility index (Phi) is 7.09. The van der Waals surface area contributed by atoms with Crippen LogP contribution in [0, 0.1) is 18.3 Å². The molecule has 0 fully saturated rings. The van der Waals surface area contributed by atoms with Gasteiger partial charge in [0, 0.05) is 21.8 Å². The summed E-state index contributed by atoms with van der Waals surface area (Å²) in [7, 11) is 0. The lowest BCUT2D eigenvalue weighted by molar-refractivity contribution is -0.113. The summed E-state index contributed by atoms with van der Waals surface area (Å²) in [6.07, 6.45) is 0. The van der Waals surface area contributed by atoms with Gasteiger partial charge in [0.05, 0.1) is 17.0 Å². The Morgan fingerprint density at radius 3 is 2.33 bits per heavy atom. The van der Waals surface area contributed by atoms with Crippen LogP contribution in [0.5, 0.6) is 0 Å². The molecule has 162 valence electrons. The van der Waals surface area contributed by atoms with E-state index in [2.05, 4.69) is 11.4 Å². The Morgan fingerprint density at radius 2 is 1.67 bits per heavy atom. The van der Waals surface area contributed by atoms with Crippen molar-refractivity contribution in [1.82, 2.24) is 4.98 Å². The van der Waals surface area contributed by atoms with Gasteiger partial charge in [0.2, 0.25) is 5.91 Å². The van der Waals surface area contributed by atoms with Crippen molar-refractivity contribution in [3.8, 4) is 28.5 Å². The number of anilines is 1. The summed E-state index contributed by atoms with van der Waals surface area (Å²) in [5, 5.41) is 14.0. The fraction of sp³-hybridized carbons (Fsp3) is 0.0741. The van der Waals surface area contributed by atoms with Crippen molar-refractivity contribution in [2.24, 2.45) is 0 Å². The second-order valence-corrected chi connectivity index (χ2v) is 8.82. The number of nitrogens with one attached hydrogen (secondary N) is 1. The SMILES string of the molecule is Cc1ccc(-c2cc(-c3ccc(Cl)cc3)c(C#N)c(SCC(=O)Nc3ccccc3)n2)cc1. The zero-order chi connectivity index (χ0) is 23.2. The lowest BCUT2D eigenvalue weighted by atomic mass is 9.99. The zero-order valence-corrected chi connectivity index (χ0v) is 19.5. The van der Waals surface area contributed by atoms with E-state index in [1.807, 2.05) is 79.7 Å². The molecular weight excluding hydrogens is 450 g/mol. The van der Waals surface area contributed by atoms with Crippen molar-refractivity contribution < 1.29 is 4.79 Å². The van der Waals surface area contributed by atoms with E-state index in [0.717, 1.165) is 33.6 Å². The number of halogens is 1. The van der Waals surface area contributed by atoms with Gasteiger partial charge < -0.3 is 5.32 Å². The molecule has 6 heteroatoms. The van der Waals surface area contributed by atoms with Crippen molar-refractivity contribution in [2.45, 2.75) is 11.9 Å². The van der Waals surface area contributed by atoms with E-state index in [9.17, 15) is 10.1 Å². The average Bonchev–Trinajstić information content (AvgIpc) is 2.84. The Balaban J connectivity index is 1.71. The van der Waals surface area contributed by atoms with Gasteiger partial charge in [-0.15, -0.1) is 0 Å². The number of pyridine rings is 1. The number of amides is 1. The average molecular weight is 470 g/mol. The van der Waals surface area contributed by atoms with Gasteiger partial charge in [0.1, 0.15) is 11.1 Å². The van der Waals surface area contributed by atoms with E-state index in [4.69, 9.17) is 16.6 Å². The Morgan fingerprint density at radius 1 is 1.00 bits per heavy atom. The Hall–Kier alpha value is -3.59. The van der Waals surface area contributed by atoms with Gasteiger partial charge in [-0.25, -0.2) is 4.98 Å². The van der Waals surface area contributed by atoms with E-state index in [0.29, 0.717) is 15.6 Å². The largest absolute Gasteiger partial charge is 0.325 e. The van der Waals surface area contributed by atoms with Crippen LogP contribution in [0.2, 0.25) is 5.02 Å². The molecule has 0 unspecified atom stereocenters. The number of thioether (sulfide) groups is 1. The number of nitriles is 1.